The Morgan fingerprint density at radius 2 is 1.56 bits per heavy atom. The molecule has 0 unspecified atom stereocenters. The predicted molar refractivity (Wildman–Crippen MR) is 93.3 cm³/mol. The Labute approximate surface area is 154 Å². The zero-order chi connectivity index (χ0) is 19.6. The molecule has 1 saturated heterocycles. The van der Waals surface area contributed by atoms with Gasteiger partial charge in [0, 0.05) is 19.5 Å². The lowest BCUT2D eigenvalue weighted by atomic mass is 10.2. The standard InChI is InChI=1S/C20H17F2NO4/c1-20(2)26-17(19(25)27-20)11-18(24)23(16-9-7-15(22)8-10-16)12-13-3-5-14(21)6-4-13/h3-11H,12H2,1-2H3. The topological polar surface area (TPSA) is 55.8 Å². The van der Waals surface area contributed by atoms with Gasteiger partial charge in [-0.05, 0) is 42.0 Å². The summed E-state index contributed by atoms with van der Waals surface area (Å²) < 4.78 is 36.7. The van der Waals surface area contributed by atoms with Crippen molar-refractivity contribution in [2.24, 2.45) is 0 Å². The summed E-state index contributed by atoms with van der Waals surface area (Å²) in [4.78, 5) is 26.0. The van der Waals surface area contributed by atoms with Crippen LogP contribution in [-0.4, -0.2) is 17.7 Å². The zero-order valence-electron chi connectivity index (χ0n) is 14.7. The van der Waals surface area contributed by atoms with E-state index in [9.17, 15) is 18.4 Å². The fourth-order valence-electron chi connectivity index (χ4n) is 2.57. The first kappa shape index (κ1) is 18.6. The molecule has 1 aliphatic rings. The van der Waals surface area contributed by atoms with Gasteiger partial charge >= 0.3 is 5.97 Å². The number of carbonyl (C=O) groups is 2. The minimum absolute atomic E-state index is 0.0902. The minimum atomic E-state index is -1.15. The molecule has 27 heavy (non-hydrogen) atoms. The van der Waals surface area contributed by atoms with E-state index in [1.165, 1.54) is 53.4 Å². The van der Waals surface area contributed by atoms with Crippen LogP contribution < -0.4 is 4.90 Å². The SMILES string of the molecule is CC1(C)OC(=O)C(=CC(=O)N(Cc2ccc(F)cc2)c2ccc(F)cc2)O1. The average molecular weight is 373 g/mol. The number of hydrogen-bond acceptors (Lipinski definition) is 4. The van der Waals surface area contributed by atoms with E-state index in [0.717, 1.165) is 6.08 Å². The van der Waals surface area contributed by atoms with Crippen molar-refractivity contribution in [2.75, 3.05) is 4.90 Å². The molecule has 0 radical (unpaired) electrons. The Bertz CT molecular complexity index is 889. The summed E-state index contributed by atoms with van der Waals surface area (Å²) in [5.41, 5.74) is 1.07. The van der Waals surface area contributed by atoms with Gasteiger partial charge in [-0.1, -0.05) is 12.1 Å². The molecule has 1 fully saturated rings. The van der Waals surface area contributed by atoms with Crippen LogP contribution in [0.25, 0.3) is 0 Å². The molecular formula is C20H17F2NO4. The lowest BCUT2D eigenvalue weighted by Crippen LogP contribution is -2.29. The highest BCUT2D eigenvalue weighted by Gasteiger charge is 2.38. The molecule has 0 saturated carbocycles. The number of ether oxygens (including phenoxy) is 2. The number of halogens is 2. The summed E-state index contributed by atoms with van der Waals surface area (Å²) in [7, 11) is 0. The Morgan fingerprint density at radius 1 is 1.00 bits per heavy atom. The first-order valence-electron chi connectivity index (χ1n) is 8.19. The predicted octanol–water partition coefficient (Wildman–Crippen LogP) is 3.69. The zero-order valence-corrected chi connectivity index (χ0v) is 14.7. The number of esters is 1. The van der Waals surface area contributed by atoms with Crippen LogP contribution in [0.2, 0.25) is 0 Å². The maximum Gasteiger partial charge on any atom is 0.377 e. The van der Waals surface area contributed by atoms with E-state index in [0.29, 0.717) is 11.3 Å². The molecule has 2 aromatic rings. The second kappa shape index (κ2) is 7.19. The Morgan fingerprint density at radius 3 is 2.07 bits per heavy atom. The highest BCUT2D eigenvalue weighted by atomic mass is 19.1. The van der Waals surface area contributed by atoms with Crippen LogP contribution in [0.15, 0.2) is 60.4 Å². The van der Waals surface area contributed by atoms with Crippen molar-refractivity contribution in [3.8, 4) is 0 Å². The summed E-state index contributed by atoms with van der Waals surface area (Å²) in [5, 5.41) is 0. The quantitative estimate of drug-likeness (QED) is 0.606. The summed E-state index contributed by atoms with van der Waals surface area (Å²) >= 11 is 0. The van der Waals surface area contributed by atoms with Crippen LogP contribution in [-0.2, 0) is 25.6 Å². The molecule has 140 valence electrons. The van der Waals surface area contributed by atoms with E-state index in [4.69, 9.17) is 9.47 Å². The molecule has 1 aliphatic heterocycles. The van der Waals surface area contributed by atoms with Crippen molar-refractivity contribution in [3.05, 3.63) is 77.6 Å². The van der Waals surface area contributed by atoms with E-state index >= 15 is 0 Å². The molecule has 3 rings (SSSR count). The van der Waals surface area contributed by atoms with Gasteiger partial charge in [0.05, 0.1) is 12.6 Å². The van der Waals surface area contributed by atoms with Crippen molar-refractivity contribution in [1.29, 1.82) is 0 Å². The molecule has 0 N–H and O–H groups in total. The molecule has 7 heteroatoms. The first-order valence-corrected chi connectivity index (χ1v) is 8.19. The number of nitrogens with zero attached hydrogens (tertiary/aromatic N) is 1. The third-order valence-corrected chi connectivity index (χ3v) is 3.81. The molecule has 2 aromatic carbocycles. The number of cyclic esters (lactones) is 1. The van der Waals surface area contributed by atoms with Gasteiger partial charge < -0.3 is 14.4 Å². The van der Waals surface area contributed by atoms with Gasteiger partial charge in [-0.2, -0.15) is 0 Å². The third-order valence-electron chi connectivity index (χ3n) is 3.81. The normalized spacial score (nSPS) is 16.7. The smallest absolute Gasteiger partial charge is 0.377 e. The van der Waals surface area contributed by atoms with Gasteiger partial charge in [-0.15, -0.1) is 0 Å². The molecule has 0 bridgehead atoms. The van der Waals surface area contributed by atoms with Crippen molar-refractivity contribution in [2.45, 2.75) is 26.2 Å². The van der Waals surface area contributed by atoms with Crippen molar-refractivity contribution >= 4 is 17.6 Å². The molecule has 0 aromatic heterocycles. The lowest BCUT2D eigenvalue weighted by Gasteiger charge is -2.22. The second-order valence-corrected chi connectivity index (χ2v) is 6.43. The van der Waals surface area contributed by atoms with Crippen molar-refractivity contribution in [1.82, 2.24) is 0 Å². The Kier molecular flexibility index (Phi) is 4.94. The van der Waals surface area contributed by atoms with Gasteiger partial charge in [0.1, 0.15) is 11.6 Å². The van der Waals surface area contributed by atoms with Gasteiger partial charge in [-0.25, -0.2) is 13.6 Å². The van der Waals surface area contributed by atoms with Crippen LogP contribution in [0.3, 0.4) is 0 Å². The summed E-state index contributed by atoms with van der Waals surface area (Å²) in [5.74, 6) is -3.51. The Balaban J connectivity index is 1.91. The molecule has 0 spiro atoms. The molecule has 5 nitrogen and oxygen atoms in total. The monoisotopic (exact) mass is 373 g/mol. The van der Waals surface area contributed by atoms with Crippen LogP contribution in [0.1, 0.15) is 19.4 Å². The maximum atomic E-state index is 13.2. The molecule has 1 amide bonds. The van der Waals surface area contributed by atoms with E-state index in [1.807, 2.05) is 0 Å². The van der Waals surface area contributed by atoms with Crippen molar-refractivity contribution in [3.63, 3.8) is 0 Å². The Hall–Kier alpha value is -3.22. The van der Waals surface area contributed by atoms with Crippen LogP contribution in [0.4, 0.5) is 14.5 Å². The summed E-state index contributed by atoms with van der Waals surface area (Å²) in [6.45, 7) is 3.19. The highest BCUT2D eigenvalue weighted by molar-refractivity contribution is 6.05. The number of hydrogen-bond donors (Lipinski definition) is 0. The number of carbonyl (C=O) groups excluding carboxylic acids is 2. The molecule has 0 aliphatic carbocycles. The summed E-state index contributed by atoms with van der Waals surface area (Å²) in [6, 6.07) is 10.9. The van der Waals surface area contributed by atoms with Gasteiger partial charge in [0.25, 0.3) is 5.91 Å². The fraction of sp³-hybridized carbons (Fsp3) is 0.200. The van der Waals surface area contributed by atoms with Gasteiger partial charge in [0.15, 0.2) is 0 Å². The first-order chi connectivity index (χ1) is 12.7. The van der Waals surface area contributed by atoms with Gasteiger partial charge in [0.2, 0.25) is 11.5 Å². The third kappa shape index (κ3) is 4.49. The van der Waals surface area contributed by atoms with E-state index in [1.54, 1.807) is 13.8 Å². The molecule has 0 atom stereocenters. The number of benzene rings is 2. The fourth-order valence-corrected chi connectivity index (χ4v) is 2.57. The van der Waals surface area contributed by atoms with E-state index in [2.05, 4.69) is 0 Å². The number of anilines is 1. The number of amides is 1. The maximum absolute atomic E-state index is 13.2. The minimum Gasteiger partial charge on any atom is -0.445 e. The van der Waals surface area contributed by atoms with E-state index in [-0.39, 0.29) is 12.3 Å². The van der Waals surface area contributed by atoms with Crippen molar-refractivity contribution < 1.29 is 27.8 Å². The van der Waals surface area contributed by atoms with Crippen LogP contribution in [0.5, 0.6) is 0 Å². The van der Waals surface area contributed by atoms with Crippen LogP contribution >= 0.6 is 0 Å². The van der Waals surface area contributed by atoms with Crippen LogP contribution in [0, 0.1) is 11.6 Å². The molecular weight excluding hydrogens is 356 g/mol. The van der Waals surface area contributed by atoms with Gasteiger partial charge in [-0.3, -0.25) is 4.79 Å². The van der Waals surface area contributed by atoms with E-state index < -0.39 is 29.3 Å². The summed E-state index contributed by atoms with van der Waals surface area (Å²) in [6.07, 6.45) is 1.03. The largest absolute Gasteiger partial charge is 0.445 e. The number of rotatable bonds is 4. The molecule has 1 heterocycles. The highest BCUT2D eigenvalue weighted by Crippen LogP contribution is 2.27. The lowest BCUT2D eigenvalue weighted by molar-refractivity contribution is -0.159. The average Bonchev–Trinajstić information content (AvgIpc) is 2.87. The second-order valence-electron chi connectivity index (χ2n) is 6.43.